The molecule has 0 radical (unpaired) electrons. The topological polar surface area (TPSA) is 96.3 Å². The number of benzene rings is 2. The van der Waals surface area contributed by atoms with E-state index in [4.69, 9.17) is 10.00 Å². The molecule has 0 aromatic heterocycles. The molecule has 2 rings (SSSR count). The molecular formula is C23H28N2O4S. The van der Waals surface area contributed by atoms with Crippen molar-refractivity contribution in [2.24, 2.45) is 5.92 Å². The number of nitrogens with one attached hydrogen (secondary N) is 1. The predicted octanol–water partition coefficient (Wildman–Crippen LogP) is 4.46. The van der Waals surface area contributed by atoms with Crippen molar-refractivity contribution < 1.29 is 17.9 Å². The van der Waals surface area contributed by atoms with E-state index in [9.17, 15) is 13.2 Å². The van der Waals surface area contributed by atoms with Gasteiger partial charge in [-0.3, -0.25) is 0 Å². The van der Waals surface area contributed by atoms with Crippen molar-refractivity contribution in [2.75, 3.05) is 5.75 Å². The van der Waals surface area contributed by atoms with Crippen LogP contribution in [0.2, 0.25) is 0 Å². The molecule has 0 fully saturated rings. The molecule has 0 saturated heterocycles. The van der Waals surface area contributed by atoms with E-state index in [1.807, 2.05) is 39.8 Å². The summed E-state index contributed by atoms with van der Waals surface area (Å²) in [5.41, 5.74) is 3.17. The molecule has 2 aromatic carbocycles. The third-order valence-electron chi connectivity index (χ3n) is 5.26. The van der Waals surface area contributed by atoms with Crippen molar-refractivity contribution >= 4 is 15.9 Å². The molecule has 1 amide bonds. The van der Waals surface area contributed by atoms with Gasteiger partial charge in [0.25, 0.3) is 0 Å². The number of hydrogen-bond acceptors (Lipinski definition) is 5. The highest BCUT2D eigenvalue weighted by Crippen LogP contribution is 2.25. The third kappa shape index (κ3) is 6.07. The zero-order chi connectivity index (χ0) is 22.5. The van der Waals surface area contributed by atoms with E-state index in [0.717, 1.165) is 11.1 Å². The largest absolute Gasteiger partial charge is 0.412 e. The lowest BCUT2D eigenvalue weighted by Crippen LogP contribution is -2.45. The summed E-state index contributed by atoms with van der Waals surface area (Å²) in [6, 6.07) is 13.2. The second-order valence-electron chi connectivity index (χ2n) is 7.84. The van der Waals surface area contributed by atoms with Gasteiger partial charge < -0.3 is 10.1 Å². The summed E-state index contributed by atoms with van der Waals surface area (Å²) in [4.78, 5) is 12.4. The van der Waals surface area contributed by atoms with Crippen LogP contribution in [0.15, 0.2) is 42.5 Å². The van der Waals surface area contributed by atoms with Crippen LogP contribution in [-0.4, -0.2) is 26.3 Å². The van der Waals surface area contributed by atoms with Gasteiger partial charge in [0, 0.05) is 6.04 Å². The van der Waals surface area contributed by atoms with E-state index in [1.165, 1.54) is 0 Å². The molecule has 0 aliphatic heterocycles. The maximum atomic E-state index is 13.0. The van der Waals surface area contributed by atoms with Crippen molar-refractivity contribution in [3.8, 4) is 11.8 Å². The SMILES string of the molecule is Cc1ccc(OC(=O)N[C@H](CS(=O)(=O)C(C)c2ccc(C#N)cc2)C(C)C)cc1C. The van der Waals surface area contributed by atoms with Crippen LogP contribution < -0.4 is 10.1 Å². The smallest absolute Gasteiger partial charge is 0.410 e. The number of hydrogen-bond donors (Lipinski definition) is 1. The molecule has 0 saturated carbocycles. The van der Waals surface area contributed by atoms with E-state index in [-0.39, 0.29) is 11.7 Å². The summed E-state index contributed by atoms with van der Waals surface area (Å²) in [5, 5.41) is 10.8. The van der Waals surface area contributed by atoms with Crippen LogP contribution in [0.25, 0.3) is 0 Å². The normalized spacial score (nSPS) is 13.4. The maximum Gasteiger partial charge on any atom is 0.412 e. The lowest BCUT2D eigenvalue weighted by Gasteiger charge is -2.24. The average molecular weight is 429 g/mol. The second-order valence-corrected chi connectivity index (χ2v) is 10.2. The summed E-state index contributed by atoms with van der Waals surface area (Å²) in [6.45, 7) is 9.20. The number of nitrogens with zero attached hydrogens (tertiary/aromatic N) is 1. The van der Waals surface area contributed by atoms with E-state index in [2.05, 4.69) is 5.32 Å². The van der Waals surface area contributed by atoms with Crippen LogP contribution >= 0.6 is 0 Å². The summed E-state index contributed by atoms with van der Waals surface area (Å²) in [6.07, 6.45) is -0.682. The highest BCUT2D eigenvalue weighted by atomic mass is 32.2. The Labute approximate surface area is 178 Å². The number of aryl methyl sites for hydroxylation is 2. The maximum absolute atomic E-state index is 13.0. The first-order valence-corrected chi connectivity index (χ1v) is 11.5. The van der Waals surface area contributed by atoms with Crippen molar-refractivity contribution in [1.29, 1.82) is 5.26 Å². The summed E-state index contributed by atoms with van der Waals surface area (Å²) < 4.78 is 31.3. The fraction of sp³-hybridized carbons (Fsp3) is 0.391. The Morgan fingerprint density at radius 2 is 1.70 bits per heavy atom. The van der Waals surface area contributed by atoms with Gasteiger partial charge in [-0.1, -0.05) is 32.0 Å². The monoisotopic (exact) mass is 428 g/mol. The Kier molecular flexibility index (Phi) is 7.63. The lowest BCUT2D eigenvalue weighted by molar-refractivity contribution is 0.193. The first kappa shape index (κ1) is 23.4. The summed E-state index contributed by atoms with van der Waals surface area (Å²) in [5.74, 6) is 0.0839. The number of rotatable bonds is 7. The van der Waals surface area contributed by atoms with Gasteiger partial charge >= 0.3 is 6.09 Å². The zero-order valence-electron chi connectivity index (χ0n) is 18.0. The molecule has 0 aliphatic rings. The Morgan fingerprint density at radius 1 is 1.07 bits per heavy atom. The van der Waals surface area contributed by atoms with Crippen molar-refractivity contribution in [2.45, 2.75) is 45.9 Å². The van der Waals surface area contributed by atoms with Crippen LogP contribution in [0.3, 0.4) is 0 Å². The quantitative estimate of drug-likeness (QED) is 0.702. The molecule has 1 unspecified atom stereocenters. The van der Waals surface area contributed by atoms with Crippen molar-refractivity contribution in [3.63, 3.8) is 0 Å². The summed E-state index contributed by atoms with van der Waals surface area (Å²) >= 11 is 0. The first-order chi connectivity index (χ1) is 14.0. The second kappa shape index (κ2) is 9.77. The Balaban J connectivity index is 2.09. The van der Waals surface area contributed by atoms with Gasteiger partial charge in [-0.05, 0) is 67.6 Å². The first-order valence-electron chi connectivity index (χ1n) is 9.80. The number of sulfone groups is 1. The van der Waals surface area contributed by atoms with Crippen LogP contribution in [0, 0.1) is 31.1 Å². The number of carbonyl (C=O) groups is 1. The minimum Gasteiger partial charge on any atom is -0.410 e. The number of ether oxygens (including phenoxy) is 1. The highest BCUT2D eigenvalue weighted by Gasteiger charge is 2.29. The van der Waals surface area contributed by atoms with Crippen molar-refractivity contribution in [3.05, 3.63) is 64.7 Å². The Hall–Kier alpha value is -2.85. The minimum atomic E-state index is -3.56. The van der Waals surface area contributed by atoms with E-state index < -0.39 is 27.2 Å². The highest BCUT2D eigenvalue weighted by molar-refractivity contribution is 7.91. The van der Waals surface area contributed by atoms with Gasteiger partial charge in [-0.25, -0.2) is 13.2 Å². The van der Waals surface area contributed by atoms with Gasteiger partial charge in [0.05, 0.1) is 22.6 Å². The van der Waals surface area contributed by atoms with Crippen LogP contribution in [-0.2, 0) is 9.84 Å². The molecule has 30 heavy (non-hydrogen) atoms. The predicted molar refractivity (Wildman–Crippen MR) is 117 cm³/mol. The van der Waals surface area contributed by atoms with E-state index in [1.54, 1.807) is 43.3 Å². The molecule has 0 aliphatic carbocycles. The van der Waals surface area contributed by atoms with Gasteiger partial charge in [-0.2, -0.15) is 5.26 Å². The molecule has 6 nitrogen and oxygen atoms in total. The summed E-state index contributed by atoms with van der Waals surface area (Å²) in [7, 11) is -3.56. The number of amides is 1. The standard InChI is InChI=1S/C23H28N2O4S/c1-15(2)22(25-23(26)29-21-11-6-16(3)17(4)12-21)14-30(27,28)18(5)20-9-7-19(13-24)8-10-20/h6-12,15,18,22H,14H2,1-5H3,(H,25,26)/t18?,22-/m1/s1. The van der Waals surface area contributed by atoms with E-state index in [0.29, 0.717) is 16.9 Å². The molecule has 160 valence electrons. The molecular weight excluding hydrogens is 400 g/mol. The van der Waals surface area contributed by atoms with Crippen LogP contribution in [0.1, 0.15) is 48.3 Å². The van der Waals surface area contributed by atoms with Crippen LogP contribution in [0.5, 0.6) is 5.75 Å². The average Bonchev–Trinajstić information content (AvgIpc) is 2.69. The van der Waals surface area contributed by atoms with Gasteiger partial charge in [0.2, 0.25) is 0 Å². The third-order valence-corrected chi connectivity index (χ3v) is 7.43. The Morgan fingerprint density at radius 3 is 2.23 bits per heavy atom. The fourth-order valence-corrected chi connectivity index (χ4v) is 4.73. The lowest BCUT2D eigenvalue weighted by atomic mass is 10.1. The molecule has 0 spiro atoms. The molecule has 2 aromatic rings. The zero-order valence-corrected chi connectivity index (χ0v) is 18.8. The Bertz CT molecular complexity index is 1040. The minimum absolute atomic E-state index is 0.111. The number of carbonyl (C=O) groups excluding carboxylic acids is 1. The van der Waals surface area contributed by atoms with Gasteiger partial charge in [0.1, 0.15) is 5.75 Å². The number of nitriles is 1. The van der Waals surface area contributed by atoms with E-state index >= 15 is 0 Å². The van der Waals surface area contributed by atoms with Crippen molar-refractivity contribution in [1.82, 2.24) is 5.32 Å². The van der Waals surface area contributed by atoms with Gasteiger partial charge in [0.15, 0.2) is 9.84 Å². The molecule has 0 heterocycles. The van der Waals surface area contributed by atoms with Gasteiger partial charge in [-0.15, -0.1) is 0 Å². The fourth-order valence-electron chi connectivity index (χ4n) is 2.90. The molecule has 7 heteroatoms. The molecule has 2 atom stereocenters. The molecule has 0 bridgehead atoms. The molecule has 1 N–H and O–H groups in total. The van der Waals surface area contributed by atoms with Crippen LogP contribution in [0.4, 0.5) is 4.79 Å².